The molecule has 0 aliphatic heterocycles. The van der Waals surface area contributed by atoms with E-state index in [4.69, 9.17) is 15.3 Å². The molecule has 0 saturated carbocycles. The summed E-state index contributed by atoms with van der Waals surface area (Å²) in [5.41, 5.74) is 0.0186. The van der Waals surface area contributed by atoms with Crippen LogP contribution in [-0.2, 0) is 28.7 Å². The topological polar surface area (TPSA) is 147 Å². The lowest BCUT2D eigenvalue weighted by molar-refractivity contribution is -0.139. The van der Waals surface area contributed by atoms with E-state index in [1.54, 1.807) is 13.8 Å². The lowest BCUT2D eigenvalue weighted by atomic mass is 10.2. The summed E-state index contributed by atoms with van der Waals surface area (Å²) < 4.78 is 9.25. The van der Waals surface area contributed by atoms with E-state index in [9.17, 15) is 19.2 Å². The van der Waals surface area contributed by atoms with E-state index in [0.29, 0.717) is 19.3 Å². The average Bonchev–Trinajstić information content (AvgIpc) is 2.71. The van der Waals surface area contributed by atoms with Crippen LogP contribution < -0.4 is 0 Å². The molecule has 0 fully saturated rings. The number of rotatable bonds is 10. The van der Waals surface area contributed by atoms with Crippen LogP contribution in [0.5, 0.6) is 0 Å². The van der Waals surface area contributed by atoms with Gasteiger partial charge in [-0.05, 0) is 32.8 Å². The molecule has 3 N–H and O–H groups in total. The van der Waals surface area contributed by atoms with Gasteiger partial charge in [0.1, 0.15) is 0 Å². The lowest BCUT2D eigenvalue weighted by Gasteiger charge is -2.01. The van der Waals surface area contributed by atoms with Crippen molar-refractivity contribution in [3.8, 4) is 0 Å². The van der Waals surface area contributed by atoms with E-state index < -0.39 is 17.9 Å². The normalized spacial score (nSPS) is 10.3. The molecule has 30 heavy (non-hydrogen) atoms. The molecule has 0 aliphatic carbocycles. The number of carboxylic acid groups (broad SMARTS) is 2. The molecule has 9 heteroatoms. The number of unbranched alkanes of at least 4 members (excludes halogenated alkanes) is 1. The van der Waals surface area contributed by atoms with Crippen molar-refractivity contribution in [3.63, 3.8) is 0 Å². The molecule has 0 aromatic carbocycles. The first-order valence-corrected chi connectivity index (χ1v) is 9.15. The second-order valence-corrected chi connectivity index (χ2v) is 5.42. The van der Waals surface area contributed by atoms with Crippen molar-refractivity contribution in [2.45, 2.75) is 47.0 Å². The summed E-state index contributed by atoms with van der Waals surface area (Å²) in [6.07, 6.45) is 5.24. The Morgan fingerprint density at radius 2 is 1.57 bits per heavy atom. The molecule has 0 radical (unpaired) electrons. The highest BCUT2D eigenvalue weighted by molar-refractivity contribution is 5.95. The van der Waals surface area contributed by atoms with Crippen molar-refractivity contribution in [2.75, 3.05) is 13.2 Å². The average molecular weight is 428 g/mol. The second kappa shape index (κ2) is 20.4. The number of aliphatic hydroxyl groups excluding tert-OH is 1. The quantitative estimate of drug-likeness (QED) is 0.156. The van der Waals surface area contributed by atoms with Crippen molar-refractivity contribution in [1.29, 1.82) is 0 Å². The first-order valence-electron chi connectivity index (χ1n) is 9.15. The Morgan fingerprint density at radius 3 is 1.87 bits per heavy atom. The molecule has 0 bridgehead atoms. The first kappa shape index (κ1) is 31.3. The number of carbonyl (C=O) groups excluding carboxylic acids is 2. The summed E-state index contributed by atoms with van der Waals surface area (Å²) in [5.74, 6) is -3.14. The summed E-state index contributed by atoms with van der Waals surface area (Å²) in [4.78, 5) is 41.6. The van der Waals surface area contributed by atoms with Gasteiger partial charge >= 0.3 is 23.9 Å². The number of aliphatic carboxylic acids is 2. The fourth-order valence-corrected chi connectivity index (χ4v) is 1.19. The van der Waals surface area contributed by atoms with Crippen molar-refractivity contribution < 1.29 is 44.0 Å². The van der Waals surface area contributed by atoms with Gasteiger partial charge in [0.15, 0.2) is 0 Å². The van der Waals surface area contributed by atoms with Gasteiger partial charge in [0.25, 0.3) is 0 Å². The Kier molecular flexibility index (Phi) is 21.3. The zero-order valence-electron chi connectivity index (χ0n) is 18.0. The van der Waals surface area contributed by atoms with Crippen LogP contribution >= 0.6 is 0 Å². The van der Waals surface area contributed by atoms with Crippen molar-refractivity contribution >= 4 is 23.9 Å². The molecular formula is C21H32O9. The predicted molar refractivity (Wildman–Crippen MR) is 112 cm³/mol. The summed E-state index contributed by atoms with van der Waals surface area (Å²) in [6, 6.07) is 0. The van der Waals surface area contributed by atoms with Crippen LogP contribution in [0.3, 0.4) is 0 Å². The van der Waals surface area contributed by atoms with Gasteiger partial charge in [-0.1, -0.05) is 33.4 Å². The summed E-state index contributed by atoms with van der Waals surface area (Å²) >= 11 is 0. The molecule has 170 valence electrons. The zero-order valence-corrected chi connectivity index (χ0v) is 18.0. The Morgan fingerprint density at radius 1 is 1.00 bits per heavy atom. The second-order valence-electron chi connectivity index (χ2n) is 5.42. The fourth-order valence-electron chi connectivity index (χ4n) is 1.19. The monoisotopic (exact) mass is 428 g/mol. The minimum Gasteiger partial charge on any atom is -0.515 e. The first-order chi connectivity index (χ1) is 14.0. The van der Waals surface area contributed by atoms with E-state index in [1.165, 1.54) is 13.0 Å². The third-order valence-electron chi connectivity index (χ3n) is 3.00. The SMILES string of the molecule is C=C(CC)C(=O)O.C=CC(=O)OCCCC.CCOC(=O)C(C=C(C)C(=O)O)=CO. The maximum absolute atomic E-state index is 11.0. The number of esters is 2. The Hall–Kier alpha value is -3.36. The van der Waals surface area contributed by atoms with Crippen LogP contribution in [0.4, 0.5) is 0 Å². The maximum Gasteiger partial charge on any atom is 0.341 e. The molecule has 0 atom stereocenters. The van der Waals surface area contributed by atoms with Gasteiger partial charge in [-0.15, -0.1) is 0 Å². The minimum atomic E-state index is -1.16. The Balaban J connectivity index is -0.000000393. The zero-order chi connectivity index (χ0) is 24.1. The molecule has 0 rings (SSSR count). The smallest absolute Gasteiger partial charge is 0.341 e. The lowest BCUT2D eigenvalue weighted by Crippen LogP contribution is -2.08. The number of ether oxygens (including phenoxy) is 2. The van der Waals surface area contributed by atoms with Crippen molar-refractivity contribution in [2.24, 2.45) is 0 Å². The molecule has 0 aliphatic rings. The third-order valence-corrected chi connectivity index (χ3v) is 3.00. The molecule has 0 aromatic heterocycles. The van der Waals surface area contributed by atoms with E-state index in [2.05, 4.69) is 22.6 Å². The molecule has 0 amide bonds. The van der Waals surface area contributed by atoms with Crippen LogP contribution in [0, 0.1) is 0 Å². The molecule has 0 saturated heterocycles. The summed E-state index contributed by atoms with van der Waals surface area (Å²) in [5, 5.41) is 25.2. The molecular weight excluding hydrogens is 396 g/mol. The fraction of sp³-hybridized carbons (Fsp3) is 0.429. The van der Waals surface area contributed by atoms with Crippen molar-refractivity contribution in [1.82, 2.24) is 0 Å². The number of carboxylic acids is 2. The Bertz CT molecular complexity index is 643. The van der Waals surface area contributed by atoms with Crippen LogP contribution in [0.15, 0.2) is 48.3 Å². The predicted octanol–water partition coefficient (Wildman–Crippen LogP) is 3.58. The van der Waals surface area contributed by atoms with Gasteiger partial charge in [-0.2, -0.15) is 0 Å². The standard InChI is InChI=1S/C9H12O5.C7H12O2.C5H8O2/c1-3-14-9(13)7(5-10)4-6(2)8(11)12;1-3-5-6-9-7(8)4-2;1-3-4(2)5(6)7/h4-5,10H,3H2,1-2H3,(H,11,12);4H,2-3,5-6H2,1H3;2-3H2,1H3,(H,6,7). The van der Waals surface area contributed by atoms with E-state index in [-0.39, 0.29) is 29.3 Å². The molecule has 0 heterocycles. The number of hydrogen-bond donors (Lipinski definition) is 3. The van der Waals surface area contributed by atoms with Crippen LogP contribution in [0.2, 0.25) is 0 Å². The maximum atomic E-state index is 11.0. The molecule has 0 unspecified atom stereocenters. The number of aliphatic hydroxyl groups is 1. The minimum absolute atomic E-state index is 0.0571. The van der Waals surface area contributed by atoms with Gasteiger partial charge in [0.05, 0.1) is 25.0 Å². The number of carbonyl (C=O) groups is 4. The highest BCUT2D eigenvalue weighted by Crippen LogP contribution is 2.04. The van der Waals surface area contributed by atoms with Gasteiger partial charge in [-0.3, -0.25) is 0 Å². The van der Waals surface area contributed by atoms with Gasteiger partial charge in [0, 0.05) is 17.2 Å². The number of hydrogen-bond acceptors (Lipinski definition) is 7. The van der Waals surface area contributed by atoms with E-state index in [0.717, 1.165) is 18.9 Å². The molecule has 9 nitrogen and oxygen atoms in total. The van der Waals surface area contributed by atoms with Gasteiger partial charge in [-0.25, -0.2) is 19.2 Å². The van der Waals surface area contributed by atoms with Crippen LogP contribution in [0.25, 0.3) is 0 Å². The largest absolute Gasteiger partial charge is 0.515 e. The third kappa shape index (κ3) is 19.4. The van der Waals surface area contributed by atoms with Crippen LogP contribution in [0.1, 0.15) is 47.0 Å². The Labute approximate surface area is 177 Å². The molecule has 0 aromatic rings. The van der Waals surface area contributed by atoms with Gasteiger partial charge < -0.3 is 24.8 Å². The summed E-state index contributed by atoms with van der Waals surface area (Å²) in [6.45, 7) is 13.9. The van der Waals surface area contributed by atoms with E-state index in [1.807, 2.05) is 6.92 Å². The van der Waals surface area contributed by atoms with Crippen molar-refractivity contribution in [3.05, 3.63) is 48.3 Å². The van der Waals surface area contributed by atoms with Gasteiger partial charge in [0.2, 0.25) is 0 Å². The molecule has 0 spiro atoms. The van der Waals surface area contributed by atoms with E-state index >= 15 is 0 Å². The summed E-state index contributed by atoms with van der Waals surface area (Å²) in [7, 11) is 0. The van der Waals surface area contributed by atoms with Crippen LogP contribution in [-0.4, -0.2) is 52.4 Å². The highest BCUT2D eigenvalue weighted by atomic mass is 16.5. The highest BCUT2D eigenvalue weighted by Gasteiger charge is 2.10.